The SMILES string of the molecule is C[C@H](CO)n1nnnc1-c1cccc(NC(=O)c2cc3c(cn2)CCN(C(=O)OC2CCC2)C3)n1. The van der Waals surface area contributed by atoms with Gasteiger partial charge in [0.25, 0.3) is 5.91 Å². The number of tetrazole rings is 1. The number of aliphatic hydroxyl groups is 1. The standard InChI is InChI=1S/C23H26N8O4/c1-14(13-32)31-21(27-28-29-31)18-6-3-7-20(25-18)26-22(33)19-10-16-12-30(9-8-15(16)11-24-19)23(34)35-17-4-2-5-17/h3,6-7,10-11,14,17,32H,2,4-5,8-9,12-13H2,1H3,(H,25,26,33)/t14-/m1/s1. The molecule has 1 aliphatic carbocycles. The van der Waals surface area contributed by atoms with Crippen molar-refractivity contribution in [1.29, 1.82) is 0 Å². The second-order valence-electron chi connectivity index (χ2n) is 8.79. The van der Waals surface area contributed by atoms with E-state index in [1.165, 1.54) is 4.68 Å². The van der Waals surface area contributed by atoms with Gasteiger partial charge in [-0.25, -0.2) is 14.5 Å². The third-order valence-corrected chi connectivity index (χ3v) is 6.30. The van der Waals surface area contributed by atoms with Gasteiger partial charge in [-0.3, -0.25) is 9.78 Å². The first kappa shape index (κ1) is 22.8. The highest BCUT2D eigenvalue weighted by Crippen LogP contribution is 2.25. The number of nitrogens with one attached hydrogen (secondary N) is 1. The van der Waals surface area contributed by atoms with Crippen LogP contribution in [0, 0.1) is 0 Å². The van der Waals surface area contributed by atoms with Gasteiger partial charge in [0, 0.05) is 19.3 Å². The van der Waals surface area contributed by atoms with E-state index in [2.05, 4.69) is 30.8 Å². The van der Waals surface area contributed by atoms with Gasteiger partial charge in [0.2, 0.25) is 5.82 Å². The summed E-state index contributed by atoms with van der Waals surface area (Å²) in [5.74, 6) is 0.266. The fourth-order valence-corrected chi connectivity index (χ4v) is 3.97. The molecule has 5 rings (SSSR count). The van der Waals surface area contributed by atoms with E-state index in [0.717, 1.165) is 30.4 Å². The Hall–Kier alpha value is -3.93. The van der Waals surface area contributed by atoms with E-state index in [0.29, 0.717) is 36.8 Å². The maximum atomic E-state index is 12.9. The number of carbonyl (C=O) groups is 2. The van der Waals surface area contributed by atoms with Crippen LogP contribution in [0.15, 0.2) is 30.5 Å². The summed E-state index contributed by atoms with van der Waals surface area (Å²) in [7, 11) is 0. The van der Waals surface area contributed by atoms with Gasteiger partial charge in [-0.05, 0) is 72.4 Å². The molecule has 0 aromatic carbocycles. The predicted molar refractivity (Wildman–Crippen MR) is 123 cm³/mol. The number of nitrogens with zero attached hydrogens (tertiary/aromatic N) is 7. The van der Waals surface area contributed by atoms with E-state index in [4.69, 9.17) is 4.74 Å². The van der Waals surface area contributed by atoms with Crippen molar-refractivity contribution in [3.8, 4) is 11.5 Å². The third-order valence-electron chi connectivity index (χ3n) is 6.30. The fraction of sp³-hybridized carbons (Fsp3) is 0.435. The van der Waals surface area contributed by atoms with Crippen molar-refractivity contribution in [3.63, 3.8) is 0 Å². The molecule has 4 heterocycles. The molecule has 3 aromatic heterocycles. The largest absolute Gasteiger partial charge is 0.446 e. The third kappa shape index (κ3) is 4.83. The lowest BCUT2D eigenvalue weighted by Gasteiger charge is -2.32. The zero-order valence-electron chi connectivity index (χ0n) is 19.3. The quantitative estimate of drug-likeness (QED) is 0.542. The number of aliphatic hydroxyl groups excluding tert-OH is 1. The van der Waals surface area contributed by atoms with Crippen LogP contribution in [0.25, 0.3) is 11.5 Å². The Bertz CT molecular complexity index is 1240. The summed E-state index contributed by atoms with van der Waals surface area (Å²) in [4.78, 5) is 35.8. The monoisotopic (exact) mass is 478 g/mol. The van der Waals surface area contributed by atoms with Crippen LogP contribution in [-0.2, 0) is 17.7 Å². The van der Waals surface area contributed by atoms with Crippen molar-refractivity contribution >= 4 is 17.8 Å². The summed E-state index contributed by atoms with van der Waals surface area (Å²) >= 11 is 0. The minimum absolute atomic E-state index is 0.0300. The van der Waals surface area contributed by atoms with Crippen LogP contribution in [0.3, 0.4) is 0 Å². The van der Waals surface area contributed by atoms with Gasteiger partial charge in [0.05, 0.1) is 12.6 Å². The van der Waals surface area contributed by atoms with Gasteiger partial charge in [0.1, 0.15) is 23.3 Å². The summed E-state index contributed by atoms with van der Waals surface area (Å²) in [6, 6.07) is 6.48. The molecule has 0 bridgehead atoms. The Labute approximate surface area is 201 Å². The molecule has 2 aliphatic rings. The minimum Gasteiger partial charge on any atom is -0.446 e. The molecule has 12 nitrogen and oxygen atoms in total. The Morgan fingerprint density at radius 3 is 2.91 bits per heavy atom. The lowest BCUT2D eigenvalue weighted by atomic mass is 9.96. The summed E-state index contributed by atoms with van der Waals surface area (Å²) in [6.45, 7) is 2.59. The molecule has 182 valence electrons. The molecule has 0 saturated heterocycles. The minimum atomic E-state index is -0.421. The van der Waals surface area contributed by atoms with Crippen molar-refractivity contribution in [2.75, 3.05) is 18.5 Å². The molecule has 3 aromatic rings. The Morgan fingerprint density at radius 1 is 1.29 bits per heavy atom. The first-order valence-electron chi connectivity index (χ1n) is 11.6. The number of amides is 2. The average Bonchev–Trinajstić information content (AvgIpc) is 3.35. The number of pyridine rings is 2. The van der Waals surface area contributed by atoms with Gasteiger partial charge in [-0.1, -0.05) is 6.07 Å². The van der Waals surface area contributed by atoms with Crippen molar-refractivity contribution in [2.24, 2.45) is 0 Å². The highest BCUT2D eigenvalue weighted by Gasteiger charge is 2.28. The zero-order valence-corrected chi connectivity index (χ0v) is 19.3. The molecule has 0 radical (unpaired) electrons. The average molecular weight is 479 g/mol. The summed E-state index contributed by atoms with van der Waals surface area (Å²) in [5.41, 5.74) is 2.57. The van der Waals surface area contributed by atoms with Crippen molar-refractivity contribution in [2.45, 2.75) is 51.3 Å². The molecule has 2 amide bonds. The van der Waals surface area contributed by atoms with Crippen LogP contribution < -0.4 is 5.32 Å². The highest BCUT2D eigenvalue weighted by molar-refractivity contribution is 6.02. The highest BCUT2D eigenvalue weighted by atomic mass is 16.6. The number of hydrogen-bond donors (Lipinski definition) is 2. The Kier molecular flexibility index (Phi) is 6.36. The topological polar surface area (TPSA) is 148 Å². The summed E-state index contributed by atoms with van der Waals surface area (Å²) < 4.78 is 7.00. The molecule has 1 aliphatic heterocycles. The Morgan fingerprint density at radius 2 is 2.14 bits per heavy atom. The maximum Gasteiger partial charge on any atom is 0.410 e. The van der Waals surface area contributed by atoms with Crippen LogP contribution in [-0.4, -0.2) is 71.4 Å². The van der Waals surface area contributed by atoms with Gasteiger partial charge < -0.3 is 20.1 Å². The smallest absolute Gasteiger partial charge is 0.410 e. The first-order chi connectivity index (χ1) is 17.0. The van der Waals surface area contributed by atoms with Crippen LogP contribution in [0.4, 0.5) is 10.6 Å². The van der Waals surface area contributed by atoms with Gasteiger partial charge in [-0.15, -0.1) is 5.10 Å². The van der Waals surface area contributed by atoms with Crippen LogP contribution in [0.5, 0.6) is 0 Å². The van der Waals surface area contributed by atoms with Gasteiger partial charge in [-0.2, -0.15) is 0 Å². The van der Waals surface area contributed by atoms with Crippen molar-refractivity contribution in [1.82, 2.24) is 35.1 Å². The lowest BCUT2D eigenvalue weighted by molar-refractivity contribution is 0.0244. The molecule has 2 N–H and O–H groups in total. The molecule has 1 atom stereocenters. The number of carbonyl (C=O) groups excluding carboxylic acids is 2. The van der Waals surface area contributed by atoms with E-state index >= 15 is 0 Å². The number of ether oxygens (including phenoxy) is 1. The molecular weight excluding hydrogens is 452 g/mol. The number of fused-ring (bicyclic) bond motifs is 1. The zero-order chi connectivity index (χ0) is 24.4. The lowest BCUT2D eigenvalue weighted by Crippen LogP contribution is -2.39. The molecule has 0 spiro atoms. The molecular formula is C23H26N8O4. The second kappa shape index (κ2) is 9.74. The maximum absolute atomic E-state index is 12.9. The van der Waals surface area contributed by atoms with Crippen LogP contribution >= 0.6 is 0 Å². The van der Waals surface area contributed by atoms with E-state index in [-0.39, 0.29) is 30.5 Å². The second-order valence-corrected chi connectivity index (χ2v) is 8.79. The van der Waals surface area contributed by atoms with Crippen LogP contribution in [0.1, 0.15) is 53.8 Å². The predicted octanol–water partition coefficient (Wildman–Crippen LogP) is 1.98. The van der Waals surface area contributed by atoms with Crippen molar-refractivity contribution in [3.05, 3.63) is 47.3 Å². The molecule has 1 saturated carbocycles. The van der Waals surface area contributed by atoms with Crippen LogP contribution in [0.2, 0.25) is 0 Å². The number of rotatable bonds is 6. The first-order valence-corrected chi connectivity index (χ1v) is 11.6. The van der Waals surface area contributed by atoms with E-state index in [1.807, 2.05) is 0 Å². The summed E-state index contributed by atoms with van der Waals surface area (Å²) in [6.07, 6.45) is 5.03. The summed E-state index contributed by atoms with van der Waals surface area (Å²) in [5, 5.41) is 23.8. The molecule has 0 unspecified atom stereocenters. The van der Waals surface area contributed by atoms with E-state index < -0.39 is 5.91 Å². The number of hydrogen-bond acceptors (Lipinski definition) is 9. The molecule has 12 heteroatoms. The number of aromatic nitrogens is 6. The molecule has 35 heavy (non-hydrogen) atoms. The van der Waals surface area contributed by atoms with Gasteiger partial charge in [0.15, 0.2) is 0 Å². The molecule has 1 fully saturated rings. The van der Waals surface area contributed by atoms with Crippen molar-refractivity contribution < 1.29 is 19.4 Å². The number of anilines is 1. The fourth-order valence-electron chi connectivity index (χ4n) is 3.97. The Balaban J connectivity index is 1.29. The van der Waals surface area contributed by atoms with E-state index in [1.54, 1.807) is 42.3 Å². The normalized spacial score (nSPS) is 16.2. The van der Waals surface area contributed by atoms with E-state index in [9.17, 15) is 14.7 Å². The van der Waals surface area contributed by atoms with Gasteiger partial charge >= 0.3 is 6.09 Å².